The number of alkyl halides is 2. The first kappa shape index (κ1) is 15.3. The van der Waals surface area contributed by atoms with Gasteiger partial charge in [0.2, 0.25) is 0 Å². The van der Waals surface area contributed by atoms with Gasteiger partial charge in [-0.25, -0.2) is 0 Å². The normalized spacial score (nSPS) is 25.4. The van der Waals surface area contributed by atoms with Gasteiger partial charge in [-0.15, -0.1) is 0 Å². The van der Waals surface area contributed by atoms with Crippen molar-refractivity contribution in [3.05, 3.63) is 23.6 Å². The van der Waals surface area contributed by atoms with Gasteiger partial charge < -0.3 is 0 Å². The van der Waals surface area contributed by atoms with Gasteiger partial charge in [-0.1, -0.05) is 0 Å². The maximum atomic E-state index is 13.9. The van der Waals surface area contributed by atoms with Crippen LogP contribution in [-0.4, -0.2) is 51.9 Å². The standard InChI is InChI=1S/C12H13AsF3N3O/c1-11(7-2-9(17)18-3-8(7)16)6-20-12(4-14,5-15)10(13)19-11/h2-3H,4-6H2,1H3,(H2,17,18). The molecule has 0 fully saturated rings. The van der Waals surface area contributed by atoms with Crippen LogP contribution in [0.2, 0.25) is 0 Å². The molecule has 0 aliphatic carbocycles. The molecule has 0 spiro atoms. The molecule has 1 aromatic heterocycles. The number of nitrogens with zero attached hydrogens (tertiary/aromatic N) is 2. The van der Waals surface area contributed by atoms with E-state index in [1.54, 1.807) is 6.92 Å². The number of hydrogen-bond donors (Lipinski definition) is 1. The van der Waals surface area contributed by atoms with Crippen LogP contribution in [0.15, 0.2) is 17.3 Å². The third-order valence-electron chi connectivity index (χ3n) is 3.28. The number of anilines is 1. The monoisotopic (exact) mass is 347 g/mol. The zero-order chi connectivity index (χ0) is 15.0. The van der Waals surface area contributed by atoms with E-state index in [9.17, 15) is 13.2 Å². The summed E-state index contributed by atoms with van der Waals surface area (Å²) < 4.78 is 45.3. The Labute approximate surface area is 123 Å². The van der Waals surface area contributed by atoms with Crippen LogP contribution in [0.3, 0.4) is 0 Å². The molecule has 4 nitrogen and oxygen atoms in total. The quantitative estimate of drug-likeness (QED) is 0.839. The topological polar surface area (TPSA) is 60.5 Å². The number of ether oxygens (including phenoxy) is 1. The molecule has 1 aliphatic heterocycles. The summed E-state index contributed by atoms with van der Waals surface area (Å²) in [6.45, 7) is -0.608. The van der Waals surface area contributed by atoms with Gasteiger partial charge in [-0.05, 0) is 0 Å². The van der Waals surface area contributed by atoms with Crippen LogP contribution in [0, 0.1) is 5.82 Å². The Morgan fingerprint density at radius 1 is 1.45 bits per heavy atom. The Hall–Kier alpha value is -1.07. The van der Waals surface area contributed by atoms with Crippen molar-refractivity contribution in [2.75, 3.05) is 25.7 Å². The summed E-state index contributed by atoms with van der Waals surface area (Å²) in [5.41, 5.74) is 2.94. The number of pyridine rings is 1. The molecule has 0 amide bonds. The summed E-state index contributed by atoms with van der Waals surface area (Å²) >= 11 is 1.99. The number of nitrogen functional groups attached to an aromatic ring is 1. The van der Waals surface area contributed by atoms with Crippen molar-refractivity contribution >= 4 is 27.2 Å². The molecule has 0 bridgehead atoms. The average molecular weight is 347 g/mol. The van der Waals surface area contributed by atoms with E-state index < -0.39 is 30.3 Å². The van der Waals surface area contributed by atoms with Crippen molar-refractivity contribution in [2.45, 2.75) is 18.1 Å². The predicted octanol–water partition coefficient (Wildman–Crippen LogP) is 1.29. The van der Waals surface area contributed by atoms with Crippen LogP contribution in [0.4, 0.5) is 19.0 Å². The first-order chi connectivity index (χ1) is 9.37. The molecule has 1 aromatic rings. The van der Waals surface area contributed by atoms with Crippen molar-refractivity contribution in [1.82, 2.24) is 4.98 Å². The van der Waals surface area contributed by atoms with Gasteiger partial charge in [-0.3, -0.25) is 0 Å². The second-order valence-electron chi connectivity index (χ2n) is 4.85. The zero-order valence-corrected chi connectivity index (χ0v) is 12.6. The fraction of sp³-hybridized carbons (Fsp3) is 0.500. The summed E-state index contributed by atoms with van der Waals surface area (Å²) in [4.78, 5) is 7.88. The second kappa shape index (κ2) is 5.37. The van der Waals surface area contributed by atoms with E-state index in [4.69, 9.17) is 10.5 Å². The Bertz CT molecular complexity index is 551. The molecule has 2 N–H and O–H groups in total. The molecule has 1 unspecified atom stereocenters. The molecular weight excluding hydrogens is 334 g/mol. The van der Waals surface area contributed by atoms with Crippen molar-refractivity contribution in [3.8, 4) is 0 Å². The third-order valence-corrected chi connectivity index (χ3v) is 4.34. The fourth-order valence-electron chi connectivity index (χ4n) is 1.95. The van der Waals surface area contributed by atoms with Crippen molar-refractivity contribution in [3.63, 3.8) is 0 Å². The van der Waals surface area contributed by atoms with Crippen LogP contribution in [0.5, 0.6) is 0 Å². The summed E-state index contributed by atoms with van der Waals surface area (Å²) in [7, 11) is 0. The number of aromatic nitrogens is 1. The summed E-state index contributed by atoms with van der Waals surface area (Å²) in [5.74, 6) is -0.458. The van der Waals surface area contributed by atoms with Gasteiger partial charge in [0.15, 0.2) is 0 Å². The molecule has 2 heterocycles. The average Bonchev–Trinajstić information content (AvgIpc) is 2.42. The van der Waals surface area contributed by atoms with E-state index >= 15 is 0 Å². The Kier molecular flexibility index (Phi) is 4.11. The summed E-state index contributed by atoms with van der Waals surface area (Å²) in [6.07, 6.45) is 0.988. The second-order valence-corrected chi connectivity index (χ2v) is 5.74. The number of nitrogens with two attached hydrogens (primary N) is 1. The van der Waals surface area contributed by atoms with Crippen molar-refractivity contribution in [1.29, 1.82) is 0 Å². The molecule has 20 heavy (non-hydrogen) atoms. The molecule has 1 atom stereocenters. The van der Waals surface area contributed by atoms with Gasteiger partial charge in [0.1, 0.15) is 0 Å². The van der Waals surface area contributed by atoms with Crippen LogP contribution < -0.4 is 5.73 Å². The molecule has 2 radical (unpaired) electrons. The van der Waals surface area contributed by atoms with E-state index in [-0.39, 0.29) is 22.5 Å². The number of hydrogen-bond acceptors (Lipinski definition) is 4. The van der Waals surface area contributed by atoms with Gasteiger partial charge in [0, 0.05) is 0 Å². The van der Waals surface area contributed by atoms with Gasteiger partial charge in [0.05, 0.1) is 0 Å². The van der Waals surface area contributed by atoms with E-state index in [0.29, 0.717) is 0 Å². The number of rotatable bonds is 3. The van der Waals surface area contributed by atoms with Crippen molar-refractivity contribution in [2.24, 2.45) is 4.99 Å². The van der Waals surface area contributed by atoms with Crippen molar-refractivity contribution < 1.29 is 17.9 Å². The van der Waals surface area contributed by atoms with E-state index in [1.165, 1.54) is 6.07 Å². The van der Waals surface area contributed by atoms with Crippen LogP contribution in [0.1, 0.15) is 12.5 Å². The molecular formula is C12H13AsF3N3O. The Morgan fingerprint density at radius 3 is 2.65 bits per heavy atom. The van der Waals surface area contributed by atoms with Crippen LogP contribution in [0.25, 0.3) is 0 Å². The molecule has 1 aliphatic rings. The number of halogens is 3. The molecule has 2 rings (SSSR count). The maximum absolute atomic E-state index is 13.9. The minimum absolute atomic E-state index is 0.0959. The Balaban J connectivity index is 2.48. The molecule has 0 saturated heterocycles. The third kappa shape index (κ3) is 2.44. The van der Waals surface area contributed by atoms with E-state index in [0.717, 1.165) is 6.20 Å². The van der Waals surface area contributed by atoms with Crippen LogP contribution in [-0.2, 0) is 10.3 Å². The molecule has 0 aromatic carbocycles. The fourth-order valence-corrected chi connectivity index (χ4v) is 2.80. The minimum atomic E-state index is -1.69. The first-order valence-electron chi connectivity index (χ1n) is 5.83. The molecule has 108 valence electrons. The molecule has 0 saturated carbocycles. The van der Waals surface area contributed by atoms with Gasteiger partial charge in [0.25, 0.3) is 0 Å². The zero-order valence-electron chi connectivity index (χ0n) is 10.7. The Morgan fingerprint density at radius 2 is 2.10 bits per heavy atom. The SMILES string of the molecule is CC1(c2cc(N)ncc2F)COC(CF)(CF)C([As])=N1. The summed E-state index contributed by atoms with van der Waals surface area (Å²) in [6, 6.07) is 1.35. The van der Waals surface area contributed by atoms with E-state index in [2.05, 4.69) is 9.98 Å². The predicted molar refractivity (Wildman–Crippen MR) is 69.8 cm³/mol. The molecule has 8 heteroatoms. The van der Waals surface area contributed by atoms with Crippen LogP contribution >= 0.6 is 0 Å². The number of aliphatic imine (C=N–C) groups is 1. The van der Waals surface area contributed by atoms with Gasteiger partial charge >= 0.3 is 122 Å². The van der Waals surface area contributed by atoms with E-state index in [1.807, 2.05) is 16.9 Å². The summed E-state index contributed by atoms with van der Waals surface area (Å²) in [5, 5.41) is 0. The first-order valence-corrected chi connectivity index (χ1v) is 6.77. The van der Waals surface area contributed by atoms with Gasteiger partial charge in [-0.2, -0.15) is 0 Å².